The van der Waals surface area contributed by atoms with Gasteiger partial charge < -0.3 is 20.5 Å². The summed E-state index contributed by atoms with van der Waals surface area (Å²) in [6.45, 7) is 3.42. The Morgan fingerprint density at radius 3 is 2.52 bits per heavy atom. The lowest BCUT2D eigenvalue weighted by atomic mass is 10.1. The van der Waals surface area contributed by atoms with Crippen molar-refractivity contribution in [2.75, 3.05) is 37.5 Å². The lowest BCUT2D eigenvalue weighted by Gasteiger charge is -2.19. The average Bonchev–Trinajstić information content (AvgIpc) is 2.47. The van der Waals surface area contributed by atoms with E-state index in [2.05, 4.69) is 10.6 Å². The molecule has 0 aliphatic carbocycles. The summed E-state index contributed by atoms with van der Waals surface area (Å²) in [5.41, 5.74) is 7.21. The molecule has 0 saturated heterocycles. The highest BCUT2D eigenvalue weighted by Crippen LogP contribution is 2.16. The first kappa shape index (κ1) is 17.3. The van der Waals surface area contributed by atoms with Crippen LogP contribution in [0.25, 0.3) is 0 Å². The highest BCUT2D eigenvalue weighted by molar-refractivity contribution is 5.84. The molecule has 1 aromatic rings. The van der Waals surface area contributed by atoms with Gasteiger partial charge in [-0.15, -0.1) is 0 Å². The van der Waals surface area contributed by atoms with Crippen molar-refractivity contribution in [3.63, 3.8) is 0 Å². The minimum Gasteiger partial charge on any atom is -0.450 e. The molecule has 21 heavy (non-hydrogen) atoms. The van der Waals surface area contributed by atoms with Crippen molar-refractivity contribution >= 4 is 17.5 Å². The van der Waals surface area contributed by atoms with Gasteiger partial charge in [0.05, 0.1) is 13.2 Å². The predicted molar refractivity (Wildman–Crippen MR) is 84.7 cm³/mol. The number of benzene rings is 1. The topological polar surface area (TPSA) is 85.6 Å². The molecular weight excluding hydrogens is 270 g/mol. The molecule has 0 heterocycles. The molecule has 0 bridgehead atoms. The van der Waals surface area contributed by atoms with Crippen molar-refractivity contribution in [3.8, 4) is 0 Å². The van der Waals surface area contributed by atoms with Crippen molar-refractivity contribution in [2.45, 2.75) is 25.8 Å². The van der Waals surface area contributed by atoms with Crippen LogP contribution in [0.2, 0.25) is 0 Å². The van der Waals surface area contributed by atoms with E-state index in [9.17, 15) is 4.79 Å². The molecular formula is C15H25N3O3. The maximum Gasteiger partial charge on any atom is 0.411 e. The van der Waals surface area contributed by atoms with Crippen LogP contribution in [-0.2, 0) is 9.47 Å². The molecule has 1 atom stereocenters. The molecule has 0 fully saturated rings. The number of nitrogens with one attached hydrogen (secondary N) is 2. The number of hydrogen-bond acceptors (Lipinski definition) is 5. The number of anilines is 2. The monoisotopic (exact) mass is 295 g/mol. The van der Waals surface area contributed by atoms with Gasteiger partial charge in [-0.05, 0) is 50.6 Å². The molecule has 0 spiro atoms. The molecule has 0 aromatic heterocycles. The van der Waals surface area contributed by atoms with Crippen LogP contribution in [0.15, 0.2) is 24.3 Å². The Balaban J connectivity index is 2.53. The van der Waals surface area contributed by atoms with E-state index < -0.39 is 6.09 Å². The molecule has 6 heteroatoms. The quantitative estimate of drug-likeness (QED) is 0.651. The van der Waals surface area contributed by atoms with Crippen LogP contribution in [0.5, 0.6) is 0 Å². The Kier molecular flexibility index (Phi) is 8.23. The van der Waals surface area contributed by atoms with Gasteiger partial charge in [0, 0.05) is 24.5 Å². The second-order valence-corrected chi connectivity index (χ2v) is 4.65. The number of ether oxygens (including phenoxy) is 2. The number of methoxy groups -OCH3 is 1. The van der Waals surface area contributed by atoms with Crippen molar-refractivity contribution in [1.29, 1.82) is 0 Å². The van der Waals surface area contributed by atoms with Crippen LogP contribution in [0.4, 0.5) is 16.2 Å². The normalized spacial score (nSPS) is 11.8. The predicted octanol–water partition coefficient (Wildman–Crippen LogP) is 2.42. The first-order valence-corrected chi connectivity index (χ1v) is 7.19. The van der Waals surface area contributed by atoms with Gasteiger partial charge in [0.15, 0.2) is 0 Å². The van der Waals surface area contributed by atoms with Gasteiger partial charge in [-0.25, -0.2) is 4.79 Å². The van der Waals surface area contributed by atoms with E-state index in [0.29, 0.717) is 25.4 Å². The van der Waals surface area contributed by atoms with E-state index in [0.717, 1.165) is 18.5 Å². The first-order valence-electron chi connectivity index (χ1n) is 7.19. The summed E-state index contributed by atoms with van der Waals surface area (Å²) >= 11 is 0. The number of rotatable bonds is 9. The average molecular weight is 295 g/mol. The highest BCUT2D eigenvalue weighted by atomic mass is 16.5. The maximum absolute atomic E-state index is 11.3. The Labute approximate surface area is 126 Å². The van der Waals surface area contributed by atoms with Crippen LogP contribution in [-0.4, -0.2) is 39.0 Å². The molecule has 1 unspecified atom stereocenters. The minimum atomic E-state index is -0.446. The molecule has 1 aromatic carbocycles. The zero-order valence-corrected chi connectivity index (χ0v) is 12.7. The first-order chi connectivity index (χ1) is 10.2. The lowest BCUT2D eigenvalue weighted by molar-refractivity contribution is 0.168. The summed E-state index contributed by atoms with van der Waals surface area (Å²) in [5.74, 6) is 0. The van der Waals surface area contributed by atoms with Gasteiger partial charge in [-0.1, -0.05) is 0 Å². The number of carbonyl (C=O) groups excluding carboxylic acids is 1. The van der Waals surface area contributed by atoms with E-state index in [1.807, 2.05) is 24.3 Å². The molecule has 0 aliphatic heterocycles. The van der Waals surface area contributed by atoms with E-state index in [1.165, 1.54) is 0 Å². The van der Waals surface area contributed by atoms with E-state index in [1.54, 1.807) is 14.0 Å². The van der Waals surface area contributed by atoms with Gasteiger partial charge in [-0.2, -0.15) is 0 Å². The summed E-state index contributed by atoms with van der Waals surface area (Å²) in [4.78, 5) is 11.3. The van der Waals surface area contributed by atoms with E-state index >= 15 is 0 Å². The minimum absolute atomic E-state index is 0.224. The Morgan fingerprint density at radius 2 is 1.95 bits per heavy atom. The molecule has 6 nitrogen and oxygen atoms in total. The SMILES string of the molecule is CCOC(=O)Nc1ccc(NC(CCCN)COC)cc1. The summed E-state index contributed by atoms with van der Waals surface area (Å²) in [7, 11) is 1.68. The zero-order chi connectivity index (χ0) is 15.5. The number of amides is 1. The smallest absolute Gasteiger partial charge is 0.411 e. The maximum atomic E-state index is 11.3. The molecule has 118 valence electrons. The van der Waals surface area contributed by atoms with Crippen LogP contribution >= 0.6 is 0 Å². The number of hydrogen-bond donors (Lipinski definition) is 3. The highest BCUT2D eigenvalue weighted by Gasteiger charge is 2.08. The van der Waals surface area contributed by atoms with Crippen molar-refractivity contribution in [3.05, 3.63) is 24.3 Å². The van der Waals surface area contributed by atoms with Crippen LogP contribution < -0.4 is 16.4 Å². The Bertz CT molecular complexity index is 409. The summed E-state index contributed by atoms with van der Waals surface area (Å²) < 4.78 is 10.0. The molecule has 1 rings (SSSR count). The molecule has 0 saturated carbocycles. The third-order valence-electron chi connectivity index (χ3n) is 2.90. The van der Waals surface area contributed by atoms with Gasteiger partial charge in [-0.3, -0.25) is 5.32 Å². The third-order valence-corrected chi connectivity index (χ3v) is 2.90. The van der Waals surface area contributed by atoms with Gasteiger partial charge >= 0.3 is 6.09 Å². The Hall–Kier alpha value is -1.79. The second kappa shape index (κ2) is 10.0. The summed E-state index contributed by atoms with van der Waals surface area (Å²) in [6.07, 6.45) is 1.45. The third kappa shape index (κ3) is 6.97. The van der Waals surface area contributed by atoms with E-state index in [-0.39, 0.29) is 6.04 Å². The van der Waals surface area contributed by atoms with Gasteiger partial charge in [0.2, 0.25) is 0 Å². The van der Waals surface area contributed by atoms with Crippen LogP contribution in [0, 0.1) is 0 Å². The van der Waals surface area contributed by atoms with Crippen molar-refractivity contribution < 1.29 is 14.3 Å². The van der Waals surface area contributed by atoms with Crippen LogP contribution in [0.3, 0.4) is 0 Å². The van der Waals surface area contributed by atoms with Crippen LogP contribution in [0.1, 0.15) is 19.8 Å². The second-order valence-electron chi connectivity index (χ2n) is 4.65. The molecule has 0 radical (unpaired) electrons. The molecule has 0 aliphatic rings. The fraction of sp³-hybridized carbons (Fsp3) is 0.533. The molecule has 1 amide bonds. The largest absolute Gasteiger partial charge is 0.450 e. The lowest BCUT2D eigenvalue weighted by Crippen LogP contribution is -2.25. The Morgan fingerprint density at radius 1 is 1.29 bits per heavy atom. The fourth-order valence-corrected chi connectivity index (χ4v) is 1.93. The van der Waals surface area contributed by atoms with Crippen molar-refractivity contribution in [2.24, 2.45) is 5.73 Å². The van der Waals surface area contributed by atoms with Gasteiger partial charge in [0.25, 0.3) is 0 Å². The summed E-state index contributed by atoms with van der Waals surface area (Å²) in [5, 5.41) is 6.05. The summed E-state index contributed by atoms with van der Waals surface area (Å²) in [6, 6.07) is 7.69. The fourth-order valence-electron chi connectivity index (χ4n) is 1.93. The standard InChI is InChI=1S/C15H25N3O3/c1-3-21-15(19)18-13-8-6-12(7-9-13)17-14(11-20-2)5-4-10-16/h6-9,14,17H,3-5,10-11,16H2,1-2H3,(H,18,19). The van der Waals surface area contributed by atoms with Crippen molar-refractivity contribution in [1.82, 2.24) is 0 Å². The molecule has 4 N–H and O–H groups in total. The zero-order valence-electron chi connectivity index (χ0n) is 12.7. The van der Waals surface area contributed by atoms with E-state index in [4.69, 9.17) is 15.2 Å². The number of carbonyl (C=O) groups is 1. The van der Waals surface area contributed by atoms with Gasteiger partial charge in [0.1, 0.15) is 0 Å². The number of nitrogens with two attached hydrogens (primary N) is 1.